The minimum absolute atomic E-state index is 0.104. The molecule has 0 aromatic heterocycles. The Morgan fingerprint density at radius 2 is 1.52 bits per heavy atom. The summed E-state index contributed by atoms with van der Waals surface area (Å²) in [6.07, 6.45) is 10.8. The Bertz CT molecular complexity index is 946. The normalized spacial score (nSPS) is 19.6. The minimum atomic E-state index is -0.104. The zero-order chi connectivity index (χ0) is 20.2. The Balaban J connectivity index is 1.45. The summed E-state index contributed by atoms with van der Waals surface area (Å²) in [6.45, 7) is 4.36. The number of halogens is 1. The van der Waals surface area contributed by atoms with Gasteiger partial charge in [0.25, 0.3) is 0 Å². The molecule has 0 aliphatic heterocycles. The van der Waals surface area contributed by atoms with Gasteiger partial charge in [-0.25, -0.2) is 4.39 Å². The zero-order valence-electron chi connectivity index (χ0n) is 17.9. The molecule has 1 fully saturated rings. The van der Waals surface area contributed by atoms with Gasteiger partial charge >= 0.3 is 0 Å². The molecule has 0 N–H and O–H groups in total. The van der Waals surface area contributed by atoms with Gasteiger partial charge in [0.05, 0.1) is 0 Å². The van der Waals surface area contributed by atoms with E-state index in [4.69, 9.17) is 0 Å². The Morgan fingerprint density at radius 3 is 2.21 bits per heavy atom. The van der Waals surface area contributed by atoms with Gasteiger partial charge in [-0.3, -0.25) is 0 Å². The van der Waals surface area contributed by atoms with Crippen LogP contribution in [0.15, 0.2) is 54.6 Å². The van der Waals surface area contributed by atoms with Crippen LogP contribution in [0, 0.1) is 24.6 Å². The van der Waals surface area contributed by atoms with Crippen molar-refractivity contribution >= 4 is 10.8 Å². The first kappa shape index (κ1) is 20.1. The van der Waals surface area contributed by atoms with Gasteiger partial charge in [0.2, 0.25) is 0 Å². The molecule has 0 heterocycles. The predicted octanol–water partition coefficient (Wildman–Crippen LogP) is 8.49. The fourth-order valence-corrected chi connectivity index (χ4v) is 5.04. The van der Waals surface area contributed by atoms with Crippen molar-refractivity contribution in [3.8, 4) is 11.1 Å². The maximum Gasteiger partial charge on any atom is 0.138 e. The van der Waals surface area contributed by atoms with Crippen LogP contribution in [0.4, 0.5) is 4.39 Å². The van der Waals surface area contributed by atoms with Crippen LogP contribution < -0.4 is 0 Å². The van der Waals surface area contributed by atoms with Crippen molar-refractivity contribution in [2.24, 2.45) is 11.8 Å². The smallest absolute Gasteiger partial charge is 0.138 e. The van der Waals surface area contributed by atoms with E-state index in [1.165, 1.54) is 56.1 Å². The Labute approximate surface area is 175 Å². The lowest BCUT2D eigenvalue weighted by molar-refractivity contribution is 0.252. The molecule has 0 unspecified atom stereocenters. The molecular formula is C28H33F. The summed E-state index contributed by atoms with van der Waals surface area (Å²) in [5.41, 5.74) is 4.17. The third kappa shape index (κ3) is 4.71. The standard InChI is InChI=1S/C28H33F/c1-3-4-21-7-9-22(10-8-21)11-12-23-13-17-27-25(19-23)16-18-26(28(27)29)24-14-5-20(2)6-15-24/h5-6,13-19,21-22H,3-4,7-12H2,1-2H3/t21-,22-. The second kappa shape index (κ2) is 9.11. The first-order valence-electron chi connectivity index (χ1n) is 11.4. The highest BCUT2D eigenvalue weighted by atomic mass is 19.1. The van der Waals surface area contributed by atoms with E-state index in [1.54, 1.807) is 0 Å². The van der Waals surface area contributed by atoms with Gasteiger partial charge in [-0.1, -0.05) is 106 Å². The van der Waals surface area contributed by atoms with Crippen molar-refractivity contribution < 1.29 is 4.39 Å². The van der Waals surface area contributed by atoms with Gasteiger partial charge < -0.3 is 0 Å². The largest absolute Gasteiger partial charge is 0.206 e. The molecule has 4 rings (SSSR count). The van der Waals surface area contributed by atoms with Crippen molar-refractivity contribution in [2.45, 2.75) is 65.2 Å². The van der Waals surface area contributed by atoms with Gasteiger partial charge in [0, 0.05) is 10.9 Å². The first-order chi connectivity index (χ1) is 14.1. The highest BCUT2D eigenvalue weighted by Crippen LogP contribution is 2.34. The molecule has 0 radical (unpaired) electrons. The average Bonchev–Trinajstić information content (AvgIpc) is 2.74. The van der Waals surface area contributed by atoms with Crippen LogP contribution in [0.1, 0.15) is 63.0 Å². The van der Waals surface area contributed by atoms with Gasteiger partial charge in [-0.15, -0.1) is 0 Å². The summed E-state index contributed by atoms with van der Waals surface area (Å²) in [5, 5.41) is 1.74. The number of benzene rings is 3. The Hall–Kier alpha value is -2.15. The highest BCUT2D eigenvalue weighted by molar-refractivity contribution is 5.88. The monoisotopic (exact) mass is 388 g/mol. The van der Waals surface area contributed by atoms with Crippen LogP contribution in [0.25, 0.3) is 21.9 Å². The molecule has 0 spiro atoms. The molecule has 1 saturated carbocycles. The van der Waals surface area contributed by atoms with E-state index in [2.05, 4.69) is 32.0 Å². The fourth-order valence-electron chi connectivity index (χ4n) is 5.04. The van der Waals surface area contributed by atoms with E-state index in [0.717, 1.165) is 34.6 Å². The van der Waals surface area contributed by atoms with Crippen LogP contribution >= 0.6 is 0 Å². The predicted molar refractivity (Wildman–Crippen MR) is 123 cm³/mol. The van der Waals surface area contributed by atoms with E-state index in [9.17, 15) is 0 Å². The van der Waals surface area contributed by atoms with E-state index in [-0.39, 0.29) is 5.82 Å². The summed E-state index contributed by atoms with van der Waals surface area (Å²) >= 11 is 0. The summed E-state index contributed by atoms with van der Waals surface area (Å²) in [5.74, 6) is 1.74. The third-order valence-corrected chi connectivity index (χ3v) is 6.89. The number of fused-ring (bicyclic) bond motifs is 1. The van der Waals surface area contributed by atoms with Crippen molar-refractivity contribution in [1.82, 2.24) is 0 Å². The molecule has 1 aliphatic rings. The van der Waals surface area contributed by atoms with Crippen LogP contribution in [0.5, 0.6) is 0 Å². The molecule has 1 aliphatic carbocycles. The summed E-state index contributed by atoms with van der Waals surface area (Å²) in [4.78, 5) is 0. The number of hydrogen-bond donors (Lipinski definition) is 0. The molecule has 1 heteroatoms. The molecule has 152 valence electrons. The molecule has 0 atom stereocenters. The number of aryl methyl sites for hydroxylation is 2. The summed E-state index contributed by atoms with van der Waals surface area (Å²) in [6, 6.07) is 18.4. The van der Waals surface area contributed by atoms with Crippen molar-refractivity contribution in [2.75, 3.05) is 0 Å². The van der Waals surface area contributed by atoms with Crippen LogP contribution in [0.3, 0.4) is 0 Å². The van der Waals surface area contributed by atoms with E-state index >= 15 is 4.39 Å². The minimum Gasteiger partial charge on any atom is -0.206 e. The quantitative estimate of drug-likeness (QED) is 0.397. The van der Waals surface area contributed by atoms with E-state index < -0.39 is 0 Å². The van der Waals surface area contributed by atoms with Crippen LogP contribution in [-0.2, 0) is 6.42 Å². The molecule has 0 saturated heterocycles. The molecule has 0 amide bonds. The molecule has 3 aromatic carbocycles. The second-order valence-electron chi connectivity index (χ2n) is 9.06. The second-order valence-corrected chi connectivity index (χ2v) is 9.06. The SMILES string of the molecule is CCC[C@H]1CC[C@H](CCc2ccc3c(F)c(-c4ccc(C)cc4)ccc3c2)CC1. The lowest BCUT2D eigenvalue weighted by atomic mass is 9.78. The molecule has 3 aromatic rings. The van der Waals surface area contributed by atoms with Gasteiger partial charge in [-0.05, 0) is 48.1 Å². The lowest BCUT2D eigenvalue weighted by Crippen LogP contribution is -2.15. The fraction of sp³-hybridized carbons (Fsp3) is 0.429. The van der Waals surface area contributed by atoms with Crippen molar-refractivity contribution in [3.63, 3.8) is 0 Å². The zero-order valence-corrected chi connectivity index (χ0v) is 17.9. The third-order valence-electron chi connectivity index (χ3n) is 6.89. The van der Waals surface area contributed by atoms with E-state index in [1.807, 2.05) is 36.4 Å². The summed E-state index contributed by atoms with van der Waals surface area (Å²) in [7, 11) is 0. The van der Waals surface area contributed by atoms with Crippen molar-refractivity contribution in [3.05, 3.63) is 71.5 Å². The summed E-state index contributed by atoms with van der Waals surface area (Å²) < 4.78 is 15.2. The number of rotatable bonds is 6. The average molecular weight is 389 g/mol. The van der Waals surface area contributed by atoms with Crippen LogP contribution in [-0.4, -0.2) is 0 Å². The first-order valence-corrected chi connectivity index (χ1v) is 11.4. The molecular weight excluding hydrogens is 355 g/mol. The molecule has 0 nitrogen and oxygen atoms in total. The van der Waals surface area contributed by atoms with Gasteiger partial charge in [0.1, 0.15) is 5.82 Å². The maximum atomic E-state index is 15.2. The van der Waals surface area contributed by atoms with E-state index in [0.29, 0.717) is 5.56 Å². The van der Waals surface area contributed by atoms with Gasteiger partial charge in [0.15, 0.2) is 0 Å². The topological polar surface area (TPSA) is 0 Å². The highest BCUT2D eigenvalue weighted by Gasteiger charge is 2.20. The Morgan fingerprint density at radius 1 is 0.828 bits per heavy atom. The molecule has 29 heavy (non-hydrogen) atoms. The van der Waals surface area contributed by atoms with Crippen molar-refractivity contribution in [1.29, 1.82) is 0 Å². The van der Waals surface area contributed by atoms with Gasteiger partial charge in [-0.2, -0.15) is 0 Å². The lowest BCUT2D eigenvalue weighted by Gasteiger charge is -2.28. The molecule has 0 bridgehead atoms. The maximum absolute atomic E-state index is 15.2. The Kier molecular flexibility index (Phi) is 6.33. The van der Waals surface area contributed by atoms with Crippen LogP contribution in [0.2, 0.25) is 0 Å². The number of hydrogen-bond acceptors (Lipinski definition) is 0.